The molecule has 8 heteroatoms. The molecule has 2 aromatic carbocycles. The van der Waals surface area contributed by atoms with Crippen LogP contribution >= 0.6 is 0 Å². The number of methoxy groups -OCH3 is 1. The summed E-state index contributed by atoms with van der Waals surface area (Å²) in [5.41, 5.74) is 0.331. The van der Waals surface area contributed by atoms with E-state index in [4.69, 9.17) is 4.74 Å². The molecule has 0 heterocycles. The molecule has 0 bridgehead atoms. The molecular formula is C18H21FN2O4S. The zero-order chi connectivity index (χ0) is 19.3. The van der Waals surface area contributed by atoms with E-state index in [2.05, 4.69) is 10.0 Å². The SMILES string of the molecule is COc1ccc(S(=O)(=O)NCc2ccccc2F)cc1C(=O)NC(C)C. The number of benzene rings is 2. The first kappa shape index (κ1) is 19.9. The Kier molecular flexibility index (Phi) is 6.33. The molecule has 0 aliphatic rings. The molecule has 0 spiro atoms. The van der Waals surface area contributed by atoms with Crippen LogP contribution in [0.25, 0.3) is 0 Å². The van der Waals surface area contributed by atoms with Gasteiger partial charge in [0.1, 0.15) is 11.6 Å². The lowest BCUT2D eigenvalue weighted by Crippen LogP contribution is -2.31. The van der Waals surface area contributed by atoms with Gasteiger partial charge in [0.25, 0.3) is 5.91 Å². The predicted octanol–water partition coefficient (Wildman–Crippen LogP) is 2.45. The monoisotopic (exact) mass is 380 g/mol. The Labute approximate surface area is 152 Å². The molecule has 2 rings (SSSR count). The summed E-state index contributed by atoms with van der Waals surface area (Å²) in [5.74, 6) is -0.680. The number of hydrogen-bond acceptors (Lipinski definition) is 4. The normalized spacial score (nSPS) is 11.4. The van der Waals surface area contributed by atoms with Gasteiger partial charge in [0.2, 0.25) is 10.0 Å². The third-order valence-electron chi connectivity index (χ3n) is 3.56. The molecule has 0 saturated carbocycles. The maximum atomic E-state index is 13.7. The van der Waals surface area contributed by atoms with Crippen LogP contribution in [0.15, 0.2) is 47.4 Å². The maximum Gasteiger partial charge on any atom is 0.255 e. The topological polar surface area (TPSA) is 84.5 Å². The first-order valence-corrected chi connectivity index (χ1v) is 9.45. The van der Waals surface area contributed by atoms with Gasteiger partial charge in [0.15, 0.2) is 0 Å². The molecule has 6 nitrogen and oxygen atoms in total. The second kappa shape index (κ2) is 8.29. The molecule has 0 aromatic heterocycles. The summed E-state index contributed by atoms with van der Waals surface area (Å²) < 4.78 is 46.1. The Morgan fingerprint density at radius 2 is 1.88 bits per heavy atom. The van der Waals surface area contributed by atoms with Crippen molar-refractivity contribution in [1.82, 2.24) is 10.0 Å². The zero-order valence-electron chi connectivity index (χ0n) is 14.7. The van der Waals surface area contributed by atoms with Crippen molar-refractivity contribution < 1.29 is 22.3 Å². The summed E-state index contributed by atoms with van der Waals surface area (Å²) >= 11 is 0. The predicted molar refractivity (Wildman–Crippen MR) is 96.0 cm³/mol. The lowest BCUT2D eigenvalue weighted by molar-refractivity contribution is 0.0940. The van der Waals surface area contributed by atoms with Crippen molar-refractivity contribution in [3.8, 4) is 5.75 Å². The Balaban J connectivity index is 2.28. The number of carbonyl (C=O) groups excluding carboxylic acids is 1. The standard InChI is InChI=1S/C18H21FN2O4S/c1-12(2)21-18(22)15-10-14(8-9-17(15)25-3)26(23,24)20-11-13-6-4-5-7-16(13)19/h4-10,12,20H,11H2,1-3H3,(H,21,22). The van der Waals surface area contributed by atoms with Crippen LogP contribution in [0.5, 0.6) is 5.75 Å². The van der Waals surface area contributed by atoms with Gasteiger partial charge in [-0.15, -0.1) is 0 Å². The van der Waals surface area contributed by atoms with Crippen LogP contribution in [-0.4, -0.2) is 27.5 Å². The van der Waals surface area contributed by atoms with Crippen molar-refractivity contribution in [3.63, 3.8) is 0 Å². The van der Waals surface area contributed by atoms with Gasteiger partial charge in [-0.2, -0.15) is 0 Å². The van der Waals surface area contributed by atoms with Crippen molar-refractivity contribution in [2.75, 3.05) is 7.11 Å². The zero-order valence-corrected chi connectivity index (χ0v) is 15.6. The summed E-state index contributed by atoms with van der Waals surface area (Å²) in [6.45, 7) is 3.39. The average molecular weight is 380 g/mol. The van der Waals surface area contributed by atoms with Crippen molar-refractivity contribution in [2.24, 2.45) is 0 Å². The van der Waals surface area contributed by atoms with Crippen LogP contribution in [0.1, 0.15) is 29.8 Å². The largest absolute Gasteiger partial charge is 0.496 e. The fraction of sp³-hybridized carbons (Fsp3) is 0.278. The van der Waals surface area contributed by atoms with Crippen molar-refractivity contribution in [2.45, 2.75) is 31.3 Å². The van der Waals surface area contributed by atoms with E-state index in [1.165, 1.54) is 43.5 Å². The molecule has 0 atom stereocenters. The van der Waals surface area contributed by atoms with Crippen LogP contribution in [0.3, 0.4) is 0 Å². The highest BCUT2D eigenvalue weighted by molar-refractivity contribution is 7.89. The molecule has 2 N–H and O–H groups in total. The number of ether oxygens (including phenoxy) is 1. The van der Waals surface area contributed by atoms with Crippen LogP contribution in [0.2, 0.25) is 0 Å². The lowest BCUT2D eigenvalue weighted by atomic mass is 10.2. The van der Waals surface area contributed by atoms with Gasteiger partial charge in [0, 0.05) is 18.2 Å². The summed E-state index contributed by atoms with van der Waals surface area (Å²) in [5, 5.41) is 2.69. The molecule has 0 radical (unpaired) electrons. The van der Waals surface area contributed by atoms with Gasteiger partial charge in [0.05, 0.1) is 17.6 Å². The van der Waals surface area contributed by atoms with Gasteiger partial charge < -0.3 is 10.1 Å². The highest BCUT2D eigenvalue weighted by Gasteiger charge is 2.20. The van der Waals surface area contributed by atoms with E-state index in [0.717, 1.165) is 0 Å². The number of amides is 1. The summed E-state index contributed by atoms with van der Waals surface area (Å²) in [6.07, 6.45) is 0. The Bertz CT molecular complexity index is 898. The third kappa shape index (κ3) is 4.80. The molecule has 0 unspecified atom stereocenters. The van der Waals surface area contributed by atoms with E-state index in [1.807, 2.05) is 0 Å². The summed E-state index contributed by atoms with van der Waals surface area (Å²) in [4.78, 5) is 12.2. The third-order valence-corrected chi connectivity index (χ3v) is 4.96. The fourth-order valence-corrected chi connectivity index (χ4v) is 3.30. The fourth-order valence-electron chi connectivity index (χ4n) is 2.27. The van der Waals surface area contributed by atoms with Gasteiger partial charge in [-0.1, -0.05) is 18.2 Å². The van der Waals surface area contributed by atoms with E-state index < -0.39 is 21.7 Å². The van der Waals surface area contributed by atoms with Crippen molar-refractivity contribution in [1.29, 1.82) is 0 Å². The van der Waals surface area contributed by atoms with E-state index in [9.17, 15) is 17.6 Å². The average Bonchev–Trinajstić information content (AvgIpc) is 2.60. The van der Waals surface area contributed by atoms with Gasteiger partial charge in [-0.3, -0.25) is 4.79 Å². The number of rotatable bonds is 7. The van der Waals surface area contributed by atoms with E-state index in [-0.39, 0.29) is 34.4 Å². The highest BCUT2D eigenvalue weighted by atomic mass is 32.2. The van der Waals surface area contributed by atoms with Crippen LogP contribution < -0.4 is 14.8 Å². The maximum absolute atomic E-state index is 13.7. The molecular weight excluding hydrogens is 359 g/mol. The van der Waals surface area contributed by atoms with E-state index >= 15 is 0 Å². The van der Waals surface area contributed by atoms with Crippen LogP contribution in [0.4, 0.5) is 4.39 Å². The number of hydrogen-bond donors (Lipinski definition) is 2. The van der Waals surface area contributed by atoms with Crippen LogP contribution in [-0.2, 0) is 16.6 Å². The number of halogens is 1. The Morgan fingerprint density at radius 3 is 2.50 bits per heavy atom. The minimum atomic E-state index is -3.94. The number of carbonyl (C=O) groups is 1. The molecule has 0 aliphatic carbocycles. The smallest absolute Gasteiger partial charge is 0.255 e. The quantitative estimate of drug-likeness (QED) is 0.773. The van der Waals surface area contributed by atoms with Gasteiger partial charge >= 0.3 is 0 Å². The lowest BCUT2D eigenvalue weighted by Gasteiger charge is -2.14. The number of sulfonamides is 1. The Morgan fingerprint density at radius 1 is 1.19 bits per heavy atom. The number of nitrogens with one attached hydrogen (secondary N) is 2. The van der Waals surface area contributed by atoms with Crippen LogP contribution in [0, 0.1) is 5.82 Å². The molecule has 0 saturated heterocycles. The Hall–Kier alpha value is -2.45. The van der Waals surface area contributed by atoms with Crippen molar-refractivity contribution in [3.05, 3.63) is 59.4 Å². The van der Waals surface area contributed by atoms with E-state index in [0.29, 0.717) is 0 Å². The first-order valence-electron chi connectivity index (χ1n) is 7.96. The molecule has 26 heavy (non-hydrogen) atoms. The second-order valence-corrected chi connectivity index (χ2v) is 7.67. The summed E-state index contributed by atoms with van der Waals surface area (Å²) in [6, 6.07) is 9.75. The molecule has 0 aliphatic heterocycles. The second-order valence-electron chi connectivity index (χ2n) is 5.91. The molecule has 0 fully saturated rings. The minimum Gasteiger partial charge on any atom is -0.496 e. The van der Waals surface area contributed by atoms with E-state index in [1.54, 1.807) is 19.9 Å². The minimum absolute atomic E-state index is 0.106. The highest BCUT2D eigenvalue weighted by Crippen LogP contribution is 2.23. The summed E-state index contributed by atoms with van der Waals surface area (Å²) in [7, 11) is -2.54. The van der Waals surface area contributed by atoms with Crippen molar-refractivity contribution >= 4 is 15.9 Å². The van der Waals surface area contributed by atoms with Gasteiger partial charge in [-0.25, -0.2) is 17.5 Å². The van der Waals surface area contributed by atoms with Gasteiger partial charge in [-0.05, 0) is 38.1 Å². The molecule has 2 aromatic rings. The molecule has 1 amide bonds. The molecule has 140 valence electrons. The first-order chi connectivity index (χ1) is 12.2.